The number of hydrogen-bond donors (Lipinski definition) is 2. The molecule has 146 valence electrons. The van der Waals surface area contributed by atoms with E-state index < -0.39 is 10.0 Å². The van der Waals surface area contributed by atoms with E-state index >= 15 is 0 Å². The van der Waals surface area contributed by atoms with Crippen LogP contribution < -0.4 is 5.32 Å². The zero-order valence-electron chi connectivity index (χ0n) is 16.1. The van der Waals surface area contributed by atoms with Gasteiger partial charge in [0.2, 0.25) is 10.0 Å². The summed E-state index contributed by atoms with van der Waals surface area (Å²) in [5.74, 6) is -0.295. The fourth-order valence-electron chi connectivity index (χ4n) is 3.56. The minimum atomic E-state index is -3.59. The SMILES string of the molecule is Cc1ccc(CNC(=O)c2[nH]c(C)c(S(=O)(=O)N3CCCCC3)c2C)cc1. The highest BCUT2D eigenvalue weighted by atomic mass is 32.2. The Kier molecular flexibility index (Phi) is 5.72. The van der Waals surface area contributed by atoms with Crippen LogP contribution in [0.5, 0.6) is 0 Å². The number of H-pyrrole nitrogens is 1. The van der Waals surface area contributed by atoms with Crippen LogP contribution in [0.25, 0.3) is 0 Å². The maximum Gasteiger partial charge on any atom is 0.268 e. The summed E-state index contributed by atoms with van der Waals surface area (Å²) in [6.45, 7) is 6.90. The molecule has 2 N–H and O–H groups in total. The Morgan fingerprint density at radius 3 is 2.33 bits per heavy atom. The molecule has 0 saturated carbocycles. The molecule has 2 aromatic rings. The summed E-state index contributed by atoms with van der Waals surface area (Å²) in [7, 11) is -3.59. The van der Waals surface area contributed by atoms with Gasteiger partial charge >= 0.3 is 0 Å². The number of benzene rings is 1. The Hall–Kier alpha value is -2.12. The maximum absolute atomic E-state index is 13.1. The minimum Gasteiger partial charge on any atom is -0.353 e. The molecule has 1 fully saturated rings. The Bertz CT molecular complexity index is 924. The molecule has 1 aromatic heterocycles. The standard InChI is InChI=1S/C20H27N3O3S/c1-14-7-9-17(10-8-14)13-21-20(24)18-15(2)19(16(3)22-18)27(25,26)23-11-5-4-6-12-23/h7-10,22H,4-6,11-13H2,1-3H3,(H,21,24). The van der Waals surface area contributed by atoms with Gasteiger partial charge in [-0.3, -0.25) is 4.79 Å². The predicted molar refractivity (Wildman–Crippen MR) is 105 cm³/mol. The molecule has 3 rings (SSSR count). The van der Waals surface area contributed by atoms with Crippen LogP contribution >= 0.6 is 0 Å². The largest absolute Gasteiger partial charge is 0.353 e. The number of piperidine rings is 1. The number of rotatable bonds is 5. The number of hydrogen-bond acceptors (Lipinski definition) is 3. The number of nitrogens with zero attached hydrogens (tertiary/aromatic N) is 1. The highest BCUT2D eigenvalue weighted by Gasteiger charge is 2.32. The first-order valence-electron chi connectivity index (χ1n) is 9.34. The van der Waals surface area contributed by atoms with E-state index in [2.05, 4.69) is 10.3 Å². The normalized spacial score (nSPS) is 15.7. The Balaban J connectivity index is 1.80. The summed E-state index contributed by atoms with van der Waals surface area (Å²) in [6.07, 6.45) is 2.82. The van der Waals surface area contributed by atoms with Gasteiger partial charge in [-0.05, 0) is 44.7 Å². The topological polar surface area (TPSA) is 82.3 Å². The number of carbonyl (C=O) groups is 1. The first kappa shape index (κ1) is 19.6. The molecule has 0 atom stereocenters. The summed E-state index contributed by atoms with van der Waals surface area (Å²) >= 11 is 0. The van der Waals surface area contributed by atoms with E-state index in [9.17, 15) is 13.2 Å². The van der Waals surface area contributed by atoms with Gasteiger partial charge in [0.05, 0.1) is 0 Å². The molecular weight excluding hydrogens is 362 g/mol. The number of aryl methyl sites for hydroxylation is 2. The number of aromatic nitrogens is 1. The third kappa shape index (κ3) is 4.09. The van der Waals surface area contributed by atoms with Gasteiger partial charge in [0.25, 0.3) is 5.91 Å². The minimum absolute atomic E-state index is 0.241. The molecule has 1 aromatic carbocycles. The van der Waals surface area contributed by atoms with Gasteiger partial charge in [-0.15, -0.1) is 0 Å². The van der Waals surface area contributed by atoms with E-state index in [-0.39, 0.29) is 10.8 Å². The van der Waals surface area contributed by atoms with E-state index in [1.165, 1.54) is 4.31 Å². The van der Waals surface area contributed by atoms with Crippen LogP contribution in [0.4, 0.5) is 0 Å². The van der Waals surface area contributed by atoms with Crippen LogP contribution in [0.2, 0.25) is 0 Å². The molecule has 0 radical (unpaired) electrons. The van der Waals surface area contributed by atoms with Crippen molar-refractivity contribution in [1.82, 2.24) is 14.6 Å². The molecule has 27 heavy (non-hydrogen) atoms. The number of sulfonamides is 1. The van der Waals surface area contributed by atoms with Crippen LogP contribution in [0.3, 0.4) is 0 Å². The maximum atomic E-state index is 13.1. The highest BCUT2D eigenvalue weighted by Crippen LogP contribution is 2.28. The lowest BCUT2D eigenvalue weighted by Crippen LogP contribution is -2.36. The quantitative estimate of drug-likeness (QED) is 0.825. The summed E-state index contributed by atoms with van der Waals surface area (Å²) in [4.78, 5) is 15.8. The second-order valence-electron chi connectivity index (χ2n) is 7.21. The average molecular weight is 390 g/mol. The monoisotopic (exact) mass is 389 g/mol. The Morgan fingerprint density at radius 2 is 1.70 bits per heavy atom. The summed E-state index contributed by atoms with van der Waals surface area (Å²) in [6, 6.07) is 7.92. The van der Waals surface area contributed by atoms with Gasteiger partial charge in [-0.2, -0.15) is 4.31 Å². The van der Waals surface area contributed by atoms with Gasteiger partial charge in [0.15, 0.2) is 0 Å². The number of aromatic amines is 1. The zero-order valence-corrected chi connectivity index (χ0v) is 16.9. The van der Waals surface area contributed by atoms with E-state index in [4.69, 9.17) is 0 Å². The van der Waals surface area contributed by atoms with Crippen LogP contribution in [0.15, 0.2) is 29.2 Å². The molecular formula is C20H27N3O3S. The lowest BCUT2D eigenvalue weighted by molar-refractivity contribution is 0.0945. The van der Waals surface area contributed by atoms with Crippen molar-refractivity contribution in [2.75, 3.05) is 13.1 Å². The van der Waals surface area contributed by atoms with Gasteiger partial charge < -0.3 is 10.3 Å². The predicted octanol–water partition coefficient (Wildman–Crippen LogP) is 3.04. The van der Waals surface area contributed by atoms with Crippen molar-refractivity contribution in [1.29, 1.82) is 0 Å². The zero-order chi connectivity index (χ0) is 19.6. The molecule has 1 saturated heterocycles. The van der Waals surface area contributed by atoms with Crippen molar-refractivity contribution in [2.24, 2.45) is 0 Å². The highest BCUT2D eigenvalue weighted by molar-refractivity contribution is 7.89. The molecule has 1 amide bonds. The van der Waals surface area contributed by atoms with Crippen molar-refractivity contribution in [3.05, 3.63) is 52.3 Å². The molecule has 0 aliphatic carbocycles. The molecule has 0 unspecified atom stereocenters. The lowest BCUT2D eigenvalue weighted by Gasteiger charge is -2.26. The summed E-state index contributed by atoms with van der Waals surface area (Å²) in [5.41, 5.74) is 3.47. The molecule has 7 heteroatoms. The van der Waals surface area contributed by atoms with Gasteiger partial charge in [0, 0.05) is 25.3 Å². The van der Waals surface area contributed by atoms with Crippen molar-refractivity contribution in [2.45, 2.75) is 51.5 Å². The molecule has 1 aliphatic rings. The van der Waals surface area contributed by atoms with E-state index in [0.29, 0.717) is 36.6 Å². The van der Waals surface area contributed by atoms with E-state index in [1.54, 1.807) is 13.8 Å². The molecule has 6 nitrogen and oxygen atoms in total. The van der Waals surface area contributed by atoms with Crippen LogP contribution in [0, 0.1) is 20.8 Å². The number of nitrogens with one attached hydrogen (secondary N) is 2. The van der Waals surface area contributed by atoms with Crippen molar-refractivity contribution in [3.8, 4) is 0 Å². The molecule has 0 bridgehead atoms. The first-order valence-corrected chi connectivity index (χ1v) is 10.8. The van der Waals surface area contributed by atoms with Gasteiger partial charge in [-0.25, -0.2) is 8.42 Å². The van der Waals surface area contributed by atoms with Crippen LogP contribution in [-0.2, 0) is 16.6 Å². The molecule has 2 heterocycles. The molecule has 1 aliphatic heterocycles. The second-order valence-corrected chi connectivity index (χ2v) is 9.09. The second kappa shape index (κ2) is 7.86. The summed E-state index contributed by atoms with van der Waals surface area (Å²) < 4.78 is 27.6. The van der Waals surface area contributed by atoms with Gasteiger partial charge in [0.1, 0.15) is 10.6 Å². The fourth-order valence-corrected chi connectivity index (χ4v) is 5.48. The van der Waals surface area contributed by atoms with Gasteiger partial charge in [-0.1, -0.05) is 36.2 Å². The smallest absolute Gasteiger partial charge is 0.268 e. The van der Waals surface area contributed by atoms with Crippen molar-refractivity contribution < 1.29 is 13.2 Å². The molecule has 0 spiro atoms. The third-order valence-electron chi connectivity index (χ3n) is 5.08. The van der Waals surface area contributed by atoms with Crippen LogP contribution in [0.1, 0.15) is 52.1 Å². The van der Waals surface area contributed by atoms with Crippen LogP contribution in [-0.4, -0.2) is 36.7 Å². The van der Waals surface area contributed by atoms with Crippen molar-refractivity contribution >= 4 is 15.9 Å². The fraction of sp³-hybridized carbons (Fsp3) is 0.450. The summed E-state index contributed by atoms with van der Waals surface area (Å²) in [5, 5.41) is 2.87. The third-order valence-corrected chi connectivity index (χ3v) is 7.26. The van der Waals surface area contributed by atoms with E-state index in [0.717, 1.165) is 30.4 Å². The average Bonchev–Trinajstić information content (AvgIpc) is 2.96. The number of amides is 1. The Morgan fingerprint density at radius 1 is 1.07 bits per heavy atom. The van der Waals surface area contributed by atoms with Crippen molar-refractivity contribution in [3.63, 3.8) is 0 Å². The Labute approximate surface area is 161 Å². The first-order chi connectivity index (χ1) is 12.8. The number of carbonyl (C=O) groups excluding carboxylic acids is 1. The van der Waals surface area contributed by atoms with E-state index in [1.807, 2.05) is 31.2 Å². The lowest BCUT2D eigenvalue weighted by atomic mass is 10.1.